The Morgan fingerprint density at radius 1 is 0.941 bits per heavy atom. The molecule has 1 aliphatic carbocycles. The van der Waals surface area contributed by atoms with Crippen LogP contribution in [0.1, 0.15) is 41.6 Å². The van der Waals surface area contributed by atoms with E-state index < -0.39 is 11.7 Å². The fourth-order valence-electron chi connectivity index (χ4n) is 4.56. The Hall–Kier alpha value is -3.07. The van der Waals surface area contributed by atoms with Crippen molar-refractivity contribution in [1.29, 1.82) is 0 Å². The Balaban J connectivity index is 1.30. The van der Waals surface area contributed by atoms with E-state index in [4.69, 9.17) is 0 Å². The average Bonchev–Trinajstić information content (AvgIpc) is 3.32. The lowest BCUT2D eigenvalue weighted by Crippen LogP contribution is -2.48. The molecule has 34 heavy (non-hydrogen) atoms. The van der Waals surface area contributed by atoms with Gasteiger partial charge in [-0.3, -0.25) is 14.5 Å². The van der Waals surface area contributed by atoms with Crippen LogP contribution in [0.25, 0.3) is 0 Å². The summed E-state index contributed by atoms with van der Waals surface area (Å²) in [6, 6.07) is 12.5. The molecule has 0 radical (unpaired) electrons. The lowest BCUT2D eigenvalue weighted by atomic mass is 10.1. The van der Waals surface area contributed by atoms with Crippen molar-refractivity contribution in [1.82, 2.24) is 10.2 Å². The number of nitrogens with zero attached hydrogens (tertiary/aromatic N) is 2. The summed E-state index contributed by atoms with van der Waals surface area (Å²) in [5, 5.41) is 5.90. The van der Waals surface area contributed by atoms with Crippen LogP contribution in [0.3, 0.4) is 0 Å². The molecule has 2 aliphatic rings. The summed E-state index contributed by atoms with van der Waals surface area (Å²) in [4.78, 5) is 29.2. The van der Waals surface area contributed by atoms with Gasteiger partial charge in [0.05, 0.1) is 23.4 Å². The number of carbonyl (C=O) groups is 2. The number of piperazine rings is 1. The lowest BCUT2D eigenvalue weighted by molar-refractivity contribution is -0.137. The molecule has 2 N–H and O–H groups in total. The van der Waals surface area contributed by atoms with Crippen LogP contribution in [0.15, 0.2) is 48.5 Å². The first-order chi connectivity index (χ1) is 16.3. The first-order valence-corrected chi connectivity index (χ1v) is 11.6. The minimum absolute atomic E-state index is 0.148. The minimum atomic E-state index is -4.37. The van der Waals surface area contributed by atoms with Gasteiger partial charge in [-0.2, -0.15) is 13.2 Å². The molecule has 1 saturated heterocycles. The summed E-state index contributed by atoms with van der Waals surface area (Å²) in [5.74, 6) is -0.411. The number of carbonyl (C=O) groups excluding carboxylic acids is 2. The second kappa shape index (κ2) is 10.5. The maximum Gasteiger partial charge on any atom is 0.416 e. The van der Waals surface area contributed by atoms with Crippen molar-refractivity contribution in [2.24, 2.45) is 0 Å². The molecule has 2 aromatic carbocycles. The summed E-state index contributed by atoms with van der Waals surface area (Å²) < 4.78 is 39.0. The van der Waals surface area contributed by atoms with Crippen molar-refractivity contribution in [2.75, 3.05) is 42.9 Å². The van der Waals surface area contributed by atoms with Crippen molar-refractivity contribution in [2.45, 2.75) is 37.9 Å². The van der Waals surface area contributed by atoms with Crippen LogP contribution < -0.4 is 15.5 Å². The maximum absolute atomic E-state index is 13.0. The molecular formula is C25H29F3N4O2. The molecule has 0 aromatic heterocycles. The van der Waals surface area contributed by atoms with Gasteiger partial charge in [-0.15, -0.1) is 0 Å². The van der Waals surface area contributed by atoms with Gasteiger partial charge in [0.2, 0.25) is 5.91 Å². The van der Waals surface area contributed by atoms with Gasteiger partial charge >= 0.3 is 6.18 Å². The fourth-order valence-corrected chi connectivity index (χ4v) is 4.56. The van der Waals surface area contributed by atoms with Gasteiger partial charge in [-0.25, -0.2) is 0 Å². The number of hydrogen-bond acceptors (Lipinski definition) is 4. The summed E-state index contributed by atoms with van der Waals surface area (Å²) in [6.45, 7) is 2.29. The fraction of sp³-hybridized carbons (Fsp3) is 0.440. The van der Waals surface area contributed by atoms with Gasteiger partial charge in [0.15, 0.2) is 0 Å². The summed E-state index contributed by atoms with van der Waals surface area (Å²) in [7, 11) is 0. The van der Waals surface area contributed by atoms with Crippen LogP contribution in [0.4, 0.5) is 24.5 Å². The van der Waals surface area contributed by atoms with Gasteiger partial charge in [0, 0.05) is 37.9 Å². The Labute approximate surface area is 197 Å². The molecule has 0 unspecified atom stereocenters. The molecule has 6 nitrogen and oxygen atoms in total. The zero-order chi connectivity index (χ0) is 24.1. The van der Waals surface area contributed by atoms with E-state index in [2.05, 4.69) is 10.6 Å². The van der Waals surface area contributed by atoms with E-state index in [9.17, 15) is 22.8 Å². The minimum Gasteiger partial charge on any atom is -0.369 e. The number of amides is 2. The molecule has 2 aromatic rings. The molecule has 1 aliphatic heterocycles. The lowest BCUT2D eigenvalue weighted by Gasteiger charge is -2.36. The SMILES string of the molecule is O=C(CN1CCN(c2cccc(C(F)(F)F)c2)CC1)Nc1ccccc1C(=O)NC1CCCC1. The van der Waals surface area contributed by atoms with E-state index in [1.54, 1.807) is 30.3 Å². The number of hydrogen-bond donors (Lipinski definition) is 2. The first-order valence-electron chi connectivity index (χ1n) is 11.6. The van der Waals surface area contributed by atoms with Crippen LogP contribution in [0.2, 0.25) is 0 Å². The monoisotopic (exact) mass is 474 g/mol. The molecule has 9 heteroatoms. The highest BCUT2D eigenvalue weighted by Crippen LogP contribution is 2.32. The summed E-state index contributed by atoms with van der Waals surface area (Å²) >= 11 is 0. The normalized spacial score (nSPS) is 17.6. The van der Waals surface area contributed by atoms with Crippen molar-refractivity contribution in [3.8, 4) is 0 Å². The highest BCUT2D eigenvalue weighted by atomic mass is 19.4. The van der Waals surface area contributed by atoms with Crippen molar-refractivity contribution in [3.05, 3.63) is 59.7 Å². The number of nitrogens with one attached hydrogen (secondary N) is 2. The molecule has 2 amide bonds. The van der Waals surface area contributed by atoms with Gasteiger partial charge in [-0.1, -0.05) is 31.0 Å². The second-order valence-electron chi connectivity index (χ2n) is 8.86. The van der Waals surface area contributed by atoms with Crippen LogP contribution >= 0.6 is 0 Å². The molecule has 1 saturated carbocycles. The van der Waals surface area contributed by atoms with E-state index in [0.717, 1.165) is 37.8 Å². The number of rotatable bonds is 6. The van der Waals surface area contributed by atoms with Crippen LogP contribution in [0.5, 0.6) is 0 Å². The van der Waals surface area contributed by atoms with Crippen LogP contribution in [-0.2, 0) is 11.0 Å². The van der Waals surface area contributed by atoms with E-state index in [1.165, 1.54) is 6.07 Å². The summed E-state index contributed by atoms with van der Waals surface area (Å²) in [6.07, 6.45) is -0.186. The van der Waals surface area contributed by atoms with Crippen molar-refractivity contribution in [3.63, 3.8) is 0 Å². The largest absolute Gasteiger partial charge is 0.416 e. The molecule has 1 heterocycles. The molecule has 0 bridgehead atoms. The van der Waals surface area contributed by atoms with Crippen LogP contribution in [-0.4, -0.2) is 55.5 Å². The molecule has 0 atom stereocenters. The zero-order valence-corrected chi connectivity index (χ0v) is 18.9. The Morgan fingerprint density at radius 3 is 2.35 bits per heavy atom. The van der Waals surface area contributed by atoms with Crippen molar-refractivity contribution >= 4 is 23.2 Å². The van der Waals surface area contributed by atoms with Gasteiger partial charge in [-0.05, 0) is 43.2 Å². The highest BCUT2D eigenvalue weighted by Gasteiger charge is 2.31. The van der Waals surface area contributed by atoms with Crippen molar-refractivity contribution < 1.29 is 22.8 Å². The molecule has 2 fully saturated rings. The van der Waals surface area contributed by atoms with Gasteiger partial charge in [0.25, 0.3) is 5.91 Å². The number of anilines is 2. The first kappa shape index (κ1) is 24.1. The molecule has 4 rings (SSSR count). The maximum atomic E-state index is 13.0. The number of benzene rings is 2. The van der Waals surface area contributed by atoms with Gasteiger partial charge in [0.1, 0.15) is 0 Å². The molecule has 182 valence electrons. The number of halogens is 3. The topological polar surface area (TPSA) is 64.7 Å². The van der Waals surface area contributed by atoms with E-state index in [1.807, 2.05) is 9.80 Å². The average molecular weight is 475 g/mol. The third-order valence-corrected chi connectivity index (χ3v) is 6.41. The Morgan fingerprint density at radius 2 is 1.65 bits per heavy atom. The predicted molar refractivity (Wildman–Crippen MR) is 125 cm³/mol. The molecular weight excluding hydrogens is 445 g/mol. The van der Waals surface area contributed by atoms with Crippen LogP contribution in [0, 0.1) is 0 Å². The zero-order valence-electron chi connectivity index (χ0n) is 18.9. The second-order valence-corrected chi connectivity index (χ2v) is 8.86. The smallest absolute Gasteiger partial charge is 0.369 e. The van der Waals surface area contributed by atoms with E-state index >= 15 is 0 Å². The number of alkyl halides is 3. The predicted octanol–water partition coefficient (Wildman–Crippen LogP) is 4.14. The van der Waals surface area contributed by atoms with E-state index in [-0.39, 0.29) is 24.4 Å². The highest BCUT2D eigenvalue weighted by molar-refractivity contribution is 6.04. The van der Waals surface area contributed by atoms with E-state index in [0.29, 0.717) is 43.1 Å². The Bertz CT molecular complexity index is 1010. The molecule has 0 spiro atoms. The summed E-state index contributed by atoms with van der Waals surface area (Å²) in [5.41, 5.74) is 0.784. The quantitative estimate of drug-likeness (QED) is 0.661. The number of para-hydroxylation sites is 1. The standard InChI is InChI=1S/C25H29F3N4O2/c26-25(27,28)18-6-5-9-20(16-18)32-14-12-31(13-15-32)17-23(33)30-22-11-4-3-10-21(22)24(34)29-19-7-1-2-8-19/h3-6,9-11,16,19H,1-2,7-8,12-15,17H2,(H,29,34)(H,30,33). The Kier molecular flexibility index (Phi) is 7.41. The third kappa shape index (κ3) is 6.08. The van der Waals surface area contributed by atoms with Gasteiger partial charge < -0.3 is 15.5 Å². The third-order valence-electron chi connectivity index (χ3n) is 6.41.